The standard InChI is InChI=1S/C19H24N6O/c1-4-5-20-17-16-11-24-25(18(16)23-12-22-17)7-6-21-19(26)15-9-13(2)8-14(3)10-15/h8-12H,4-7H2,1-3H3,(H,21,26)(H,20,22,23). The van der Waals surface area contributed by atoms with Crippen molar-refractivity contribution in [2.45, 2.75) is 33.7 Å². The summed E-state index contributed by atoms with van der Waals surface area (Å²) >= 11 is 0. The predicted molar refractivity (Wildman–Crippen MR) is 102 cm³/mol. The molecule has 136 valence electrons. The first kappa shape index (κ1) is 17.8. The highest BCUT2D eigenvalue weighted by Gasteiger charge is 2.10. The second-order valence-corrected chi connectivity index (χ2v) is 6.39. The van der Waals surface area contributed by atoms with E-state index in [0.29, 0.717) is 18.7 Å². The Morgan fingerprint density at radius 3 is 2.62 bits per heavy atom. The van der Waals surface area contributed by atoms with Crippen LogP contribution in [0.5, 0.6) is 0 Å². The zero-order chi connectivity index (χ0) is 18.5. The predicted octanol–water partition coefficient (Wildman–Crippen LogP) is 2.70. The van der Waals surface area contributed by atoms with Crippen molar-refractivity contribution in [1.29, 1.82) is 0 Å². The van der Waals surface area contributed by atoms with E-state index in [2.05, 4.69) is 38.7 Å². The normalized spacial score (nSPS) is 10.9. The minimum atomic E-state index is -0.0758. The molecule has 0 aliphatic rings. The van der Waals surface area contributed by atoms with Gasteiger partial charge in [0.05, 0.1) is 18.1 Å². The number of benzene rings is 1. The smallest absolute Gasteiger partial charge is 0.251 e. The number of rotatable bonds is 7. The first-order valence-electron chi connectivity index (χ1n) is 8.85. The molecule has 0 saturated heterocycles. The molecule has 2 heterocycles. The number of carbonyl (C=O) groups excluding carboxylic acids is 1. The van der Waals surface area contributed by atoms with E-state index in [1.54, 1.807) is 10.9 Å². The third-order valence-electron chi connectivity index (χ3n) is 4.07. The molecule has 0 aliphatic heterocycles. The molecule has 0 unspecified atom stereocenters. The van der Waals surface area contributed by atoms with Gasteiger partial charge >= 0.3 is 0 Å². The quantitative estimate of drug-likeness (QED) is 0.683. The zero-order valence-corrected chi connectivity index (χ0v) is 15.4. The van der Waals surface area contributed by atoms with Crippen molar-refractivity contribution < 1.29 is 4.79 Å². The molecule has 0 saturated carbocycles. The molecule has 7 nitrogen and oxygen atoms in total. The Morgan fingerprint density at radius 2 is 1.88 bits per heavy atom. The molecule has 0 aliphatic carbocycles. The van der Waals surface area contributed by atoms with Crippen LogP contribution in [0.2, 0.25) is 0 Å². The number of nitrogens with zero attached hydrogens (tertiary/aromatic N) is 4. The van der Waals surface area contributed by atoms with E-state index < -0.39 is 0 Å². The first-order chi connectivity index (χ1) is 12.6. The van der Waals surface area contributed by atoms with Crippen LogP contribution >= 0.6 is 0 Å². The van der Waals surface area contributed by atoms with Gasteiger partial charge in [-0.1, -0.05) is 24.1 Å². The van der Waals surface area contributed by atoms with Crippen molar-refractivity contribution in [1.82, 2.24) is 25.1 Å². The van der Waals surface area contributed by atoms with Crippen LogP contribution in [0.1, 0.15) is 34.8 Å². The van der Waals surface area contributed by atoms with Crippen LogP contribution in [0.15, 0.2) is 30.7 Å². The summed E-state index contributed by atoms with van der Waals surface area (Å²) < 4.78 is 1.79. The molecular formula is C19H24N6O. The molecule has 3 aromatic rings. The number of hydrogen-bond donors (Lipinski definition) is 2. The number of hydrogen-bond acceptors (Lipinski definition) is 5. The molecule has 2 N–H and O–H groups in total. The summed E-state index contributed by atoms with van der Waals surface area (Å²) in [5, 5.41) is 11.5. The van der Waals surface area contributed by atoms with E-state index in [1.807, 2.05) is 26.0 Å². The van der Waals surface area contributed by atoms with Gasteiger partial charge in [-0.25, -0.2) is 14.6 Å². The molecule has 1 amide bonds. The van der Waals surface area contributed by atoms with Crippen LogP contribution in [0.3, 0.4) is 0 Å². The summed E-state index contributed by atoms with van der Waals surface area (Å²) in [6, 6.07) is 5.84. The Hall–Kier alpha value is -2.96. The van der Waals surface area contributed by atoms with E-state index in [4.69, 9.17) is 0 Å². The molecule has 26 heavy (non-hydrogen) atoms. The Balaban J connectivity index is 1.65. The van der Waals surface area contributed by atoms with Gasteiger partial charge in [-0.3, -0.25) is 4.79 Å². The zero-order valence-electron chi connectivity index (χ0n) is 15.4. The van der Waals surface area contributed by atoms with Gasteiger partial charge in [0.1, 0.15) is 12.1 Å². The Labute approximate surface area is 152 Å². The van der Waals surface area contributed by atoms with Crippen LogP contribution in [0.4, 0.5) is 5.82 Å². The summed E-state index contributed by atoms with van der Waals surface area (Å²) in [4.78, 5) is 20.9. The van der Waals surface area contributed by atoms with E-state index in [-0.39, 0.29) is 5.91 Å². The number of aryl methyl sites for hydroxylation is 2. The Bertz CT molecular complexity index is 897. The lowest BCUT2D eigenvalue weighted by molar-refractivity contribution is 0.0952. The number of fused-ring (bicyclic) bond motifs is 1. The van der Waals surface area contributed by atoms with Crippen molar-refractivity contribution >= 4 is 22.8 Å². The van der Waals surface area contributed by atoms with Crippen molar-refractivity contribution in [3.05, 3.63) is 47.4 Å². The maximum Gasteiger partial charge on any atom is 0.251 e. The van der Waals surface area contributed by atoms with E-state index in [1.165, 1.54) is 6.33 Å². The SMILES string of the molecule is CCCNc1ncnc2c1cnn2CCNC(=O)c1cc(C)cc(C)c1. The molecular weight excluding hydrogens is 328 g/mol. The summed E-state index contributed by atoms with van der Waals surface area (Å²) in [6.07, 6.45) is 4.32. The van der Waals surface area contributed by atoms with Gasteiger partial charge in [0.25, 0.3) is 5.91 Å². The number of amides is 1. The van der Waals surface area contributed by atoms with Crippen LogP contribution in [0, 0.1) is 13.8 Å². The lowest BCUT2D eigenvalue weighted by Crippen LogP contribution is -2.27. The third kappa shape index (κ3) is 3.99. The van der Waals surface area contributed by atoms with E-state index >= 15 is 0 Å². The van der Waals surface area contributed by atoms with Gasteiger partial charge in [0, 0.05) is 18.7 Å². The van der Waals surface area contributed by atoms with Crippen LogP contribution in [-0.4, -0.2) is 38.7 Å². The van der Waals surface area contributed by atoms with Crippen molar-refractivity contribution in [3.8, 4) is 0 Å². The van der Waals surface area contributed by atoms with Crippen LogP contribution < -0.4 is 10.6 Å². The van der Waals surface area contributed by atoms with Gasteiger partial charge in [-0.15, -0.1) is 0 Å². The second kappa shape index (κ2) is 7.95. The molecule has 2 aromatic heterocycles. The number of carbonyl (C=O) groups is 1. The van der Waals surface area contributed by atoms with Crippen LogP contribution in [-0.2, 0) is 6.54 Å². The summed E-state index contributed by atoms with van der Waals surface area (Å²) in [6.45, 7) is 7.96. The van der Waals surface area contributed by atoms with E-state index in [9.17, 15) is 4.79 Å². The lowest BCUT2D eigenvalue weighted by Gasteiger charge is -2.08. The second-order valence-electron chi connectivity index (χ2n) is 6.39. The third-order valence-corrected chi connectivity index (χ3v) is 4.07. The summed E-state index contributed by atoms with van der Waals surface area (Å²) in [5.74, 6) is 0.718. The van der Waals surface area contributed by atoms with Gasteiger partial charge in [-0.2, -0.15) is 5.10 Å². The van der Waals surface area contributed by atoms with Crippen molar-refractivity contribution in [2.75, 3.05) is 18.4 Å². The van der Waals surface area contributed by atoms with Crippen LogP contribution in [0.25, 0.3) is 11.0 Å². The molecule has 0 radical (unpaired) electrons. The Kier molecular flexibility index (Phi) is 5.46. The van der Waals surface area contributed by atoms with Gasteiger partial charge in [0.2, 0.25) is 0 Å². The fraction of sp³-hybridized carbons (Fsp3) is 0.368. The maximum absolute atomic E-state index is 12.3. The highest BCUT2D eigenvalue weighted by molar-refractivity contribution is 5.94. The topological polar surface area (TPSA) is 84.7 Å². The van der Waals surface area contributed by atoms with Crippen molar-refractivity contribution in [2.24, 2.45) is 0 Å². The molecule has 0 fully saturated rings. The molecule has 0 bridgehead atoms. The summed E-state index contributed by atoms with van der Waals surface area (Å²) in [5.41, 5.74) is 3.61. The monoisotopic (exact) mass is 352 g/mol. The number of aromatic nitrogens is 4. The molecule has 1 aromatic carbocycles. The summed E-state index contributed by atoms with van der Waals surface area (Å²) in [7, 11) is 0. The number of nitrogens with one attached hydrogen (secondary N) is 2. The highest BCUT2D eigenvalue weighted by Crippen LogP contribution is 2.18. The molecule has 7 heteroatoms. The fourth-order valence-corrected chi connectivity index (χ4v) is 2.92. The van der Waals surface area contributed by atoms with Gasteiger partial charge < -0.3 is 10.6 Å². The lowest BCUT2D eigenvalue weighted by atomic mass is 10.1. The average molecular weight is 352 g/mol. The maximum atomic E-state index is 12.3. The highest BCUT2D eigenvalue weighted by atomic mass is 16.1. The molecule has 0 atom stereocenters. The van der Waals surface area contributed by atoms with Gasteiger partial charge in [0.15, 0.2) is 5.65 Å². The Morgan fingerprint density at radius 1 is 1.12 bits per heavy atom. The fourth-order valence-electron chi connectivity index (χ4n) is 2.92. The van der Waals surface area contributed by atoms with Crippen molar-refractivity contribution in [3.63, 3.8) is 0 Å². The minimum Gasteiger partial charge on any atom is -0.369 e. The largest absolute Gasteiger partial charge is 0.369 e. The molecule has 0 spiro atoms. The first-order valence-corrected chi connectivity index (χ1v) is 8.85. The van der Waals surface area contributed by atoms with E-state index in [0.717, 1.165) is 40.9 Å². The minimum absolute atomic E-state index is 0.0758. The van der Waals surface area contributed by atoms with Gasteiger partial charge in [-0.05, 0) is 32.4 Å². The number of anilines is 1. The average Bonchev–Trinajstić information content (AvgIpc) is 3.03. The molecule has 3 rings (SSSR count).